The molecule has 0 radical (unpaired) electrons. The number of carboxylic acids is 1. The first-order valence-electron chi connectivity index (χ1n) is 7.40. The lowest BCUT2D eigenvalue weighted by Crippen LogP contribution is -2.16. The van der Waals surface area contributed by atoms with Crippen LogP contribution in [0.3, 0.4) is 0 Å². The van der Waals surface area contributed by atoms with Gasteiger partial charge in [0.1, 0.15) is 5.78 Å². The molecule has 0 aromatic carbocycles. The summed E-state index contributed by atoms with van der Waals surface area (Å²) in [5.41, 5.74) is 0. The molecule has 0 aliphatic rings. The third-order valence-corrected chi connectivity index (χ3v) is 3.18. The van der Waals surface area contributed by atoms with Gasteiger partial charge in [0.2, 0.25) is 0 Å². The average Bonchev–Trinajstić information content (AvgIpc) is 2.34. The fourth-order valence-corrected chi connectivity index (χ4v) is 1.96. The third-order valence-electron chi connectivity index (χ3n) is 3.18. The van der Waals surface area contributed by atoms with E-state index >= 15 is 0 Å². The number of carbonyl (C=O) groups is 2. The number of rotatable bonds is 13. The molecule has 112 valence electrons. The van der Waals surface area contributed by atoms with E-state index in [9.17, 15) is 9.59 Å². The Labute approximate surface area is 117 Å². The Morgan fingerprint density at radius 3 is 1.74 bits per heavy atom. The zero-order valence-electron chi connectivity index (χ0n) is 12.5. The summed E-state index contributed by atoms with van der Waals surface area (Å²) in [6.45, 7) is 0.850. The Bertz CT molecular complexity index is 252. The second kappa shape index (κ2) is 12.2. The Morgan fingerprint density at radius 2 is 1.26 bits per heavy atom. The molecule has 0 saturated carbocycles. The van der Waals surface area contributed by atoms with Crippen LogP contribution in [0.15, 0.2) is 0 Å². The molecule has 0 aromatic rings. The lowest BCUT2D eigenvalue weighted by atomic mass is 10.1. The molecule has 0 unspecified atom stereocenters. The molecule has 0 spiro atoms. The van der Waals surface area contributed by atoms with E-state index in [0.29, 0.717) is 25.0 Å². The fourth-order valence-electron chi connectivity index (χ4n) is 1.96. The van der Waals surface area contributed by atoms with Crippen LogP contribution in [0.25, 0.3) is 0 Å². The first kappa shape index (κ1) is 18.1. The van der Waals surface area contributed by atoms with Crippen molar-refractivity contribution in [3.05, 3.63) is 0 Å². The van der Waals surface area contributed by atoms with Gasteiger partial charge in [-0.25, -0.2) is 0 Å². The largest absolute Gasteiger partial charge is 0.481 e. The zero-order chi connectivity index (χ0) is 14.5. The van der Waals surface area contributed by atoms with E-state index < -0.39 is 5.97 Å². The summed E-state index contributed by atoms with van der Waals surface area (Å²) in [6.07, 6.45) is 9.03. The van der Waals surface area contributed by atoms with Gasteiger partial charge in [-0.05, 0) is 26.9 Å². The Kier molecular flexibility index (Phi) is 11.6. The maximum Gasteiger partial charge on any atom is 0.303 e. The normalized spacial score (nSPS) is 10.9. The van der Waals surface area contributed by atoms with Crippen LogP contribution in [0.5, 0.6) is 0 Å². The lowest BCUT2D eigenvalue weighted by Gasteiger charge is -2.08. The molecule has 19 heavy (non-hydrogen) atoms. The number of nitrogens with zero attached hydrogens (tertiary/aromatic N) is 1. The van der Waals surface area contributed by atoms with Crippen LogP contribution < -0.4 is 0 Å². The Balaban J connectivity index is 3.18. The molecule has 0 rings (SSSR count). The van der Waals surface area contributed by atoms with Crippen molar-refractivity contribution < 1.29 is 14.7 Å². The maximum absolute atomic E-state index is 11.5. The molecule has 4 nitrogen and oxygen atoms in total. The minimum atomic E-state index is -0.698. The van der Waals surface area contributed by atoms with E-state index in [1.807, 2.05) is 19.0 Å². The number of carboxylic acid groups (broad SMARTS) is 1. The zero-order valence-corrected chi connectivity index (χ0v) is 12.5. The van der Waals surface area contributed by atoms with Crippen LogP contribution in [0.4, 0.5) is 0 Å². The molecular weight excluding hydrogens is 242 g/mol. The highest BCUT2D eigenvalue weighted by Gasteiger charge is 2.02. The number of hydrogen-bond acceptors (Lipinski definition) is 3. The summed E-state index contributed by atoms with van der Waals surface area (Å²) >= 11 is 0. The van der Waals surface area contributed by atoms with Gasteiger partial charge < -0.3 is 10.0 Å². The minimum absolute atomic E-state index is 0.292. The van der Waals surface area contributed by atoms with Gasteiger partial charge in [0, 0.05) is 25.8 Å². The van der Waals surface area contributed by atoms with Crippen LogP contribution in [-0.2, 0) is 9.59 Å². The van der Waals surface area contributed by atoms with Crippen molar-refractivity contribution in [1.29, 1.82) is 0 Å². The summed E-state index contributed by atoms with van der Waals surface area (Å²) in [4.78, 5) is 23.8. The number of hydrogen-bond donors (Lipinski definition) is 1. The highest BCUT2D eigenvalue weighted by Crippen LogP contribution is 2.10. The van der Waals surface area contributed by atoms with Crippen molar-refractivity contribution in [1.82, 2.24) is 4.90 Å². The average molecular weight is 271 g/mol. The van der Waals surface area contributed by atoms with Crippen LogP contribution in [0.2, 0.25) is 0 Å². The smallest absolute Gasteiger partial charge is 0.303 e. The molecule has 0 aliphatic heterocycles. The summed E-state index contributed by atoms with van der Waals surface area (Å²) in [7, 11) is 3.97. The number of Topliss-reactive ketones (excluding diaryl/α,β-unsaturated/α-hetero) is 1. The molecule has 0 saturated heterocycles. The molecule has 1 N–H and O–H groups in total. The fraction of sp³-hybridized carbons (Fsp3) is 0.867. The Morgan fingerprint density at radius 1 is 0.789 bits per heavy atom. The quantitative estimate of drug-likeness (QED) is 0.523. The van der Waals surface area contributed by atoms with Crippen molar-refractivity contribution >= 4 is 11.8 Å². The van der Waals surface area contributed by atoms with E-state index in [0.717, 1.165) is 51.5 Å². The summed E-state index contributed by atoms with van der Waals surface area (Å²) in [5, 5.41) is 8.48. The van der Waals surface area contributed by atoms with Crippen molar-refractivity contribution in [2.45, 2.75) is 64.2 Å². The highest BCUT2D eigenvalue weighted by atomic mass is 16.4. The summed E-state index contributed by atoms with van der Waals surface area (Å²) < 4.78 is 0. The molecule has 0 amide bonds. The second-order valence-electron chi connectivity index (χ2n) is 5.46. The summed E-state index contributed by atoms with van der Waals surface area (Å²) in [6, 6.07) is 0. The van der Waals surface area contributed by atoms with Gasteiger partial charge in [-0.3, -0.25) is 9.59 Å². The lowest BCUT2D eigenvalue weighted by molar-refractivity contribution is -0.137. The van der Waals surface area contributed by atoms with Crippen molar-refractivity contribution in [2.24, 2.45) is 0 Å². The monoisotopic (exact) mass is 271 g/mol. The summed E-state index contributed by atoms with van der Waals surface area (Å²) in [5.74, 6) is -0.327. The van der Waals surface area contributed by atoms with Crippen LogP contribution in [0, 0.1) is 0 Å². The van der Waals surface area contributed by atoms with Crippen molar-refractivity contribution in [3.8, 4) is 0 Å². The van der Waals surface area contributed by atoms with E-state index in [2.05, 4.69) is 0 Å². The van der Waals surface area contributed by atoms with Gasteiger partial charge in [0.25, 0.3) is 0 Å². The van der Waals surface area contributed by atoms with Gasteiger partial charge in [-0.2, -0.15) is 0 Å². The van der Waals surface area contributed by atoms with Gasteiger partial charge >= 0.3 is 5.97 Å². The van der Waals surface area contributed by atoms with Crippen LogP contribution >= 0.6 is 0 Å². The van der Waals surface area contributed by atoms with Crippen molar-refractivity contribution in [3.63, 3.8) is 0 Å². The maximum atomic E-state index is 11.5. The van der Waals surface area contributed by atoms with E-state index in [4.69, 9.17) is 5.11 Å². The van der Waals surface area contributed by atoms with Crippen molar-refractivity contribution in [2.75, 3.05) is 20.6 Å². The molecule has 0 fully saturated rings. The standard InChI is InChI=1S/C15H29NO3/c1-16(2)13-12-14(17)10-8-6-4-3-5-7-9-11-15(18)19/h3-13H2,1-2H3,(H,18,19). The number of unbranched alkanes of at least 4 members (excludes halogenated alkanes) is 6. The van der Waals surface area contributed by atoms with Gasteiger partial charge in [-0.15, -0.1) is 0 Å². The topological polar surface area (TPSA) is 57.6 Å². The highest BCUT2D eigenvalue weighted by molar-refractivity contribution is 5.78. The SMILES string of the molecule is CN(C)CCC(=O)CCCCCCCCCC(=O)O. The third kappa shape index (κ3) is 15.0. The van der Waals surface area contributed by atoms with E-state index in [1.54, 1.807) is 0 Å². The molecule has 0 aromatic heterocycles. The van der Waals surface area contributed by atoms with E-state index in [1.165, 1.54) is 0 Å². The van der Waals surface area contributed by atoms with Crippen LogP contribution in [-0.4, -0.2) is 42.4 Å². The minimum Gasteiger partial charge on any atom is -0.481 e. The molecule has 0 bridgehead atoms. The number of ketones is 1. The van der Waals surface area contributed by atoms with Gasteiger partial charge in [0.05, 0.1) is 0 Å². The predicted molar refractivity (Wildman–Crippen MR) is 77.4 cm³/mol. The first-order valence-corrected chi connectivity index (χ1v) is 7.40. The van der Waals surface area contributed by atoms with Crippen LogP contribution in [0.1, 0.15) is 64.2 Å². The predicted octanol–water partition coefficient (Wildman–Crippen LogP) is 3.10. The Hall–Kier alpha value is -0.900. The molecule has 4 heteroatoms. The number of carbonyl (C=O) groups excluding carboxylic acids is 1. The van der Waals surface area contributed by atoms with E-state index in [-0.39, 0.29) is 0 Å². The molecule has 0 atom stereocenters. The van der Waals surface area contributed by atoms with Gasteiger partial charge in [0.15, 0.2) is 0 Å². The second-order valence-corrected chi connectivity index (χ2v) is 5.46. The first-order chi connectivity index (χ1) is 9.02. The molecule has 0 aliphatic carbocycles. The molecule has 0 heterocycles. The number of aliphatic carboxylic acids is 1. The molecular formula is C15H29NO3. The van der Waals surface area contributed by atoms with Gasteiger partial charge in [-0.1, -0.05) is 32.1 Å².